The molecule has 0 spiro atoms. The lowest BCUT2D eigenvalue weighted by Crippen LogP contribution is -2.34. The number of fused-ring (bicyclic) bond motifs is 1. The minimum atomic E-state index is -0.281. The predicted molar refractivity (Wildman–Crippen MR) is 86.6 cm³/mol. The van der Waals surface area contributed by atoms with E-state index in [2.05, 4.69) is 25.7 Å². The Morgan fingerprint density at radius 3 is 2.67 bits per heavy atom. The molecule has 0 aliphatic heterocycles. The fraction of sp³-hybridized carbons (Fsp3) is 0.188. The van der Waals surface area contributed by atoms with Crippen LogP contribution in [0.1, 0.15) is 26.3 Å². The van der Waals surface area contributed by atoms with E-state index in [4.69, 9.17) is 0 Å². The zero-order valence-corrected chi connectivity index (χ0v) is 13.1. The number of nitrogens with zero attached hydrogens (tertiary/aromatic N) is 4. The summed E-state index contributed by atoms with van der Waals surface area (Å²) in [5.74, 6) is -0.512. The van der Waals surface area contributed by atoms with Gasteiger partial charge in [-0.3, -0.25) is 14.6 Å². The first-order valence-electron chi connectivity index (χ1n) is 7.41. The highest BCUT2D eigenvalue weighted by Gasteiger charge is 2.13. The molecule has 0 bridgehead atoms. The molecule has 0 fully saturated rings. The lowest BCUT2D eigenvalue weighted by Gasteiger charge is -2.06. The summed E-state index contributed by atoms with van der Waals surface area (Å²) in [5.41, 5.74) is 2.33. The van der Waals surface area contributed by atoms with Gasteiger partial charge >= 0.3 is 0 Å². The molecule has 3 aromatic heterocycles. The number of rotatable bonds is 5. The van der Waals surface area contributed by atoms with Crippen LogP contribution in [-0.4, -0.2) is 44.5 Å². The van der Waals surface area contributed by atoms with Crippen LogP contribution in [0.15, 0.2) is 43.1 Å². The molecule has 3 aromatic rings. The molecule has 24 heavy (non-hydrogen) atoms. The van der Waals surface area contributed by atoms with Crippen molar-refractivity contribution in [3.63, 3.8) is 0 Å². The van der Waals surface area contributed by atoms with Gasteiger partial charge < -0.3 is 10.6 Å². The predicted octanol–water partition coefficient (Wildman–Crippen LogP) is 0.593. The third-order valence-corrected chi connectivity index (χ3v) is 3.35. The van der Waals surface area contributed by atoms with E-state index in [1.165, 1.54) is 12.4 Å². The van der Waals surface area contributed by atoms with E-state index in [1.807, 2.05) is 6.92 Å². The second-order valence-corrected chi connectivity index (χ2v) is 5.21. The summed E-state index contributed by atoms with van der Waals surface area (Å²) >= 11 is 0. The second kappa shape index (κ2) is 6.86. The van der Waals surface area contributed by atoms with Crippen molar-refractivity contribution < 1.29 is 9.59 Å². The summed E-state index contributed by atoms with van der Waals surface area (Å²) in [7, 11) is 0. The second-order valence-electron chi connectivity index (χ2n) is 5.21. The van der Waals surface area contributed by atoms with Gasteiger partial charge in [0.2, 0.25) is 0 Å². The molecule has 0 saturated heterocycles. The Balaban J connectivity index is 1.53. The number of nitrogens with one attached hydrogen (secondary N) is 2. The molecule has 2 amide bonds. The summed E-state index contributed by atoms with van der Waals surface area (Å²) in [6.07, 6.45) is 8.05. The normalized spacial score (nSPS) is 10.5. The van der Waals surface area contributed by atoms with Gasteiger partial charge in [-0.15, -0.1) is 0 Å². The van der Waals surface area contributed by atoms with Gasteiger partial charge in [0.05, 0.1) is 11.8 Å². The van der Waals surface area contributed by atoms with Crippen molar-refractivity contribution in [3.8, 4) is 0 Å². The van der Waals surface area contributed by atoms with Crippen LogP contribution < -0.4 is 10.6 Å². The topological polar surface area (TPSA) is 101 Å². The van der Waals surface area contributed by atoms with Crippen molar-refractivity contribution in [2.24, 2.45) is 0 Å². The van der Waals surface area contributed by atoms with Crippen molar-refractivity contribution in [3.05, 3.63) is 59.8 Å². The van der Waals surface area contributed by atoms with Crippen LogP contribution in [0.5, 0.6) is 0 Å². The Morgan fingerprint density at radius 2 is 1.92 bits per heavy atom. The molecule has 0 aliphatic rings. The number of pyridine rings is 1. The van der Waals surface area contributed by atoms with Gasteiger partial charge in [0.15, 0.2) is 5.65 Å². The number of aryl methyl sites for hydroxylation is 1. The van der Waals surface area contributed by atoms with Gasteiger partial charge in [-0.05, 0) is 24.6 Å². The van der Waals surface area contributed by atoms with Gasteiger partial charge in [-0.1, -0.05) is 0 Å². The molecule has 0 aromatic carbocycles. The van der Waals surface area contributed by atoms with Crippen LogP contribution in [0.25, 0.3) is 5.65 Å². The Labute approximate surface area is 137 Å². The number of amides is 2. The highest BCUT2D eigenvalue weighted by Crippen LogP contribution is 2.08. The lowest BCUT2D eigenvalue weighted by molar-refractivity contribution is 0.0928. The Bertz CT molecular complexity index is 875. The van der Waals surface area contributed by atoms with Crippen LogP contribution in [0.4, 0.5) is 0 Å². The average molecular weight is 324 g/mol. The highest BCUT2D eigenvalue weighted by atomic mass is 16.2. The third-order valence-electron chi connectivity index (χ3n) is 3.35. The van der Waals surface area contributed by atoms with E-state index in [0.717, 1.165) is 5.56 Å². The molecule has 3 heterocycles. The van der Waals surface area contributed by atoms with Crippen LogP contribution in [0.2, 0.25) is 0 Å². The van der Waals surface area contributed by atoms with E-state index in [-0.39, 0.29) is 11.8 Å². The highest BCUT2D eigenvalue weighted by molar-refractivity contribution is 5.99. The summed E-state index contributed by atoms with van der Waals surface area (Å²) in [5, 5.41) is 9.56. The molecule has 0 unspecified atom stereocenters. The third kappa shape index (κ3) is 3.37. The van der Waals surface area contributed by atoms with Crippen molar-refractivity contribution in [1.29, 1.82) is 0 Å². The molecule has 122 valence electrons. The monoisotopic (exact) mass is 324 g/mol. The van der Waals surface area contributed by atoms with E-state index in [9.17, 15) is 9.59 Å². The molecule has 3 rings (SSSR count). The maximum atomic E-state index is 12.2. The molecular formula is C16H16N6O2. The molecule has 0 atom stereocenters. The zero-order valence-electron chi connectivity index (χ0n) is 13.1. The van der Waals surface area contributed by atoms with E-state index >= 15 is 0 Å². The molecule has 8 nitrogen and oxygen atoms in total. The Hall–Kier alpha value is -3.29. The molecule has 2 N–H and O–H groups in total. The quantitative estimate of drug-likeness (QED) is 0.669. The van der Waals surface area contributed by atoms with Crippen LogP contribution in [-0.2, 0) is 0 Å². The van der Waals surface area contributed by atoms with Crippen molar-refractivity contribution in [2.75, 3.05) is 13.1 Å². The smallest absolute Gasteiger partial charge is 0.256 e. The van der Waals surface area contributed by atoms with Crippen LogP contribution in [0, 0.1) is 6.92 Å². The van der Waals surface area contributed by atoms with Crippen molar-refractivity contribution in [1.82, 2.24) is 30.2 Å². The SMILES string of the molecule is Cc1cnc2c(C(=O)NCCNC(=O)c3cccnc3)cnn2c1. The maximum Gasteiger partial charge on any atom is 0.256 e. The first-order chi connectivity index (χ1) is 11.6. The minimum absolute atomic E-state index is 0.231. The molecule has 0 saturated carbocycles. The van der Waals surface area contributed by atoms with E-state index in [1.54, 1.807) is 35.2 Å². The number of carbonyl (C=O) groups excluding carboxylic acids is 2. The standard InChI is InChI=1S/C16H16N6O2/c1-11-7-20-14-13(9-21-22(14)10-11)16(24)19-6-5-18-15(23)12-3-2-4-17-8-12/h2-4,7-10H,5-6H2,1H3,(H,18,23)(H,19,24). The van der Waals surface area contributed by atoms with Crippen LogP contribution >= 0.6 is 0 Å². The first kappa shape index (κ1) is 15.6. The fourth-order valence-corrected chi connectivity index (χ4v) is 2.17. The molecular weight excluding hydrogens is 308 g/mol. The number of carbonyl (C=O) groups is 2. The van der Waals surface area contributed by atoms with Gasteiger partial charge in [-0.2, -0.15) is 5.10 Å². The van der Waals surface area contributed by atoms with Crippen molar-refractivity contribution in [2.45, 2.75) is 6.92 Å². The van der Waals surface area contributed by atoms with E-state index < -0.39 is 0 Å². The Kier molecular flexibility index (Phi) is 4.46. The molecule has 0 aliphatic carbocycles. The fourth-order valence-electron chi connectivity index (χ4n) is 2.17. The number of hydrogen-bond acceptors (Lipinski definition) is 5. The Morgan fingerprint density at radius 1 is 1.12 bits per heavy atom. The average Bonchev–Trinajstić information content (AvgIpc) is 3.02. The summed E-state index contributed by atoms with van der Waals surface area (Å²) in [4.78, 5) is 32.1. The lowest BCUT2D eigenvalue weighted by atomic mass is 10.2. The van der Waals surface area contributed by atoms with Gasteiger partial charge in [0.1, 0.15) is 5.56 Å². The molecule has 0 radical (unpaired) electrons. The van der Waals surface area contributed by atoms with Crippen molar-refractivity contribution >= 4 is 17.5 Å². The summed E-state index contributed by atoms with van der Waals surface area (Å²) < 4.78 is 1.56. The number of aromatic nitrogens is 4. The summed E-state index contributed by atoms with van der Waals surface area (Å²) in [6, 6.07) is 3.37. The van der Waals surface area contributed by atoms with Gasteiger partial charge in [-0.25, -0.2) is 9.50 Å². The van der Waals surface area contributed by atoms with Gasteiger partial charge in [0, 0.05) is 37.9 Å². The number of hydrogen-bond donors (Lipinski definition) is 2. The minimum Gasteiger partial charge on any atom is -0.350 e. The maximum absolute atomic E-state index is 12.2. The summed E-state index contributed by atoms with van der Waals surface area (Å²) in [6.45, 7) is 2.51. The van der Waals surface area contributed by atoms with E-state index in [0.29, 0.717) is 29.9 Å². The first-order valence-corrected chi connectivity index (χ1v) is 7.41. The largest absolute Gasteiger partial charge is 0.350 e. The zero-order chi connectivity index (χ0) is 16.9. The van der Waals surface area contributed by atoms with Gasteiger partial charge in [0.25, 0.3) is 11.8 Å². The molecule has 8 heteroatoms. The van der Waals surface area contributed by atoms with Crippen LogP contribution in [0.3, 0.4) is 0 Å².